The topological polar surface area (TPSA) is 53.5 Å². The summed E-state index contributed by atoms with van der Waals surface area (Å²) in [5.41, 5.74) is 2.34. The smallest absolute Gasteiger partial charge is 0.175 e. The summed E-state index contributed by atoms with van der Waals surface area (Å²) in [4.78, 5) is 9.80. The van der Waals surface area contributed by atoms with Crippen molar-refractivity contribution in [2.45, 2.75) is 30.6 Å². The molecule has 0 N–H and O–H groups in total. The van der Waals surface area contributed by atoms with E-state index in [0.717, 1.165) is 49.5 Å². The molecule has 4 rings (SSSR count). The summed E-state index contributed by atoms with van der Waals surface area (Å²) in [7, 11) is -1.05. The summed E-state index contributed by atoms with van der Waals surface area (Å²) in [5.74, 6) is 2.72. The summed E-state index contributed by atoms with van der Waals surface area (Å²) in [6.45, 7) is 4.33. The number of aromatic nitrogens is 1. The van der Waals surface area contributed by atoms with Crippen LogP contribution in [0.2, 0.25) is 0 Å². The van der Waals surface area contributed by atoms with Crippen LogP contribution in [0.4, 0.5) is 11.5 Å². The van der Waals surface area contributed by atoms with Crippen LogP contribution in [0.25, 0.3) is 0 Å². The molecule has 154 valence electrons. The average Bonchev–Trinajstić information content (AvgIpc) is 2.74. The minimum absolute atomic E-state index is 0.394. The summed E-state index contributed by atoms with van der Waals surface area (Å²) in [5, 5.41) is 0. The van der Waals surface area contributed by atoms with Gasteiger partial charge in [-0.25, -0.2) is 13.4 Å². The number of benzene rings is 1. The van der Waals surface area contributed by atoms with E-state index < -0.39 is 9.84 Å². The maximum Gasteiger partial charge on any atom is 0.175 e. The van der Waals surface area contributed by atoms with E-state index in [0.29, 0.717) is 4.90 Å². The lowest BCUT2D eigenvalue weighted by Gasteiger charge is -2.41. The zero-order valence-electron chi connectivity index (χ0n) is 17.4. The van der Waals surface area contributed by atoms with Crippen molar-refractivity contribution in [2.24, 2.45) is 11.8 Å². The number of hydrogen-bond acceptors (Lipinski definition) is 5. The van der Waals surface area contributed by atoms with Gasteiger partial charge in [-0.05, 0) is 67.9 Å². The number of anilines is 2. The van der Waals surface area contributed by atoms with Crippen molar-refractivity contribution in [3.05, 3.63) is 42.6 Å². The lowest BCUT2D eigenvalue weighted by molar-refractivity contribution is 0.233. The second kappa shape index (κ2) is 8.38. The van der Waals surface area contributed by atoms with Gasteiger partial charge in [0.05, 0.1) is 4.90 Å². The molecule has 7 heteroatoms. The Kier molecular flexibility index (Phi) is 5.86. The van der Waals surface area contributed by atoms with Gasteiger partial charge in [-0.1, -0.05) is 11.5 Å². The van der Waals surface area contributed by atoms with Crippen molar-refractivity contribution >= 4 is 34.7 Å². The number of sulfone groups is 1. The summed E-state index contributed by atoms with van der Waals surface area (Å²) < 4.78 is 23.3. The van der Waals surface area contributed by atoms with Crippen molar-refractivity contribution in [2.75, 3.05) is 42.2 Å². The van der Waals surface area contributed by atoms with Gasteiger partial charge in [-0.2, -0.15) is 0 Å². The predicted molar refractivity (Wildman–Crippen MR) is 122 cm³/mol. The molecule has 2 aliphatic heterocycles. The SMILES string of the molecule is Bc1ccc(N2CCC(C3CCN(c4ccc(S(C)(=O)=O)cc4)CC3)CC2)nc1. The number of piperidine rings is 2. The normalized spacial score (nSPS) is 19.5. The molecule has 2 aliphatic rings. The van der Waals surface area contributed by atoms with Gasteiger partial charge in [-0.15, -0.1) is 0 Å². The van der Waals surface area contributed by atoms with Crippen molar-refractivity contribution in [1.82, 2.24) is 4.98 Å². The first-order valence-corrected chi connectivity index (χ1v) is 12.5. The molecular formula is C22H30BN3O2S. The molecule has 0 amide bonds. The Morgan fingerprint density at radius 1 is 0.862 bits per heavy atom. The van der Waals surface area contributed by atoms with E-state index in [4.69, 9.17) is 0 Å². The summed E-state index contributed by atoms with van der Waals surface area (Å²) in [6.07, 6.45) is 8.17. The lowest BCUT2D eigenvalue weighted by Crippen LogP contribution is -2.41. The second-order valence-electron chi connectivity index (χ2n) is 8.61. The second-order valence-corrected chi connectivity index (χ2v) is 10.6. The molecule has 2 aromatic rings. The first kappa shape index (κ1) is 20.3. The highest BCUT2D eigenvalue weighted by Crippen LogP contribution is 2.34. The van der Waals surface area contributed by atoms with E-state index in [1.165, 1.54) is 37.4 Å². The molecule has 3 heterocycles. The lowest BCUT2D eigenvalue weighted by atomic mass is 9.78. The van der Waals surface area contributed by atoms with Crippen molar-refractivity contribution in [3.63, 3.8) is 0 Å². The summed E-state index contributed by atoms with van der Waals surface area (Å²) >= 11 is 0. The van der Waals surface area contributed by atoms with Gasteiger partial charge in [0.2, 0.25) is 0 Å². The Bertz CT molecular complexity index is 916. The van der Waals surface area contributed by atoms with Gasteiger partial charge in [0.1, 0.15) is 13.7 Å². The van der Waals surface area contributed by atoms with Gasteiger partial charge >= 0.3 is 0 Å². The molecular weight excluding hydrogens is 381 g/mol. The highest BCUT2D eigenvalue weighted by molar-refractivity contribution is 7.90. The van der Waals surface area contributed by atoms with Crippen LogP contribution in [0.3, 0.4) is 0 Å². The molecule has 0 spiro atoms. The molecule has 0 aliphatic carbocycles. The summed E-state index contributed by atoms with van der Waals surface area (Å²) in [6, 6.07) is 11.6. The third-order valence-corrected chi connectivity index (χ3v) is 7.72. The number of hydrogen-bond donors (Lipinski definition) is 0. The predicted octanol–water partition coefficient (Wildman–Crippen LogP) is 1.88. The zero-order valence-corrected chi connectivity index (χ0v) is 18.2. The van der Waals surface area contributed by atoms with E-state index in [9.17, 15) is 8.42 Å². The quantitative estimate of drug-likeness (QED) is 0.720. The molecule has 0 radical (unpaired) electrons. The van der Waals surface area contributed by atoms with E-state index >= 15 is 0 Å². The number of nitrogens with zero attached hydrogens (tertiary/aromatic N) is 3. The van der Waals surface area contributed by atoms with Crippen LogP contribution in [0, 0.1) is 11.8 Å². The van der Waals surface area contributed by atoms with Gasteiger partial charge in [0, 0.05) is 44.3 Å². The highest BCUT2D eigenvalue weighted by Gasteiger charge is 2.30. The van der Waals surface area contributed by atoms with Crippen LogP contribution >= 0.6 is 0 Å². The standard InChI is InChI=1S/C22H30BN3O2S/c1-29(27,28)21-5-3-20(4-6-21)25-12-8-17(9-13-25)18-10-14-26(15-11-18)22-7-2-19(23)16-24-22/h2-7,16-18H,8-15,23H2,1H3. The molecule has 0 atom stereocenters. The van der Waals surface area contributed by atoms with Crippen LogP contribution in [-0.4, -0.2) is 53.7 Å². The van der Waals surface area contributed by atoms with Gasteiger partial charge in [0.25, 0.3) is 0 Å². The van der Waals surface area contributed by atoms with Gasteiger partial charge < -0.3 is 9.80 Å². The van der Waals surface area contributed by atoms with Crippen LogP contribution in [0.15, 0.2) is 47.5 Å². The molecule has 5 nitrogen and oxygen atoms in total. The monoisotopic (exact) mass is 411 g/mol. The molecule has 0 unspecified atom stereocenters. The van der Waals surface area contributed by atoms with Crippen molar-refractivity contribution in [3.8, 4) is 0 Å². The number of pyridine rings is 1. The largest absolute Gasteiger partial charge is 0.372 e. The fourth-order valence-corrected chi connectivity index (χ4v) is 5.41. The van der Waals surface area contributed by atoms with Crippen molar-refractivity contribution in [1.29, 1.82) is 0 Å². The minimum atomic E-state index is -3.13. The highest BCUT2D eigenvalue weighted by atomic mass is 32.2. The maximum absolute atomic E-state index is 11.6. The zero-order chi connectivity index (χ0) is 20.4. The third kappa shape index (κ3) is 4.77. The number of rotatable bonds is 4. The molecule has 1 aromatic heterocycles. The average molecular weight is 411 g/mol. The van der Waals surface area contributed by atoms with E-state index in [1.807, 2.05) is 18.3 Å². The van der Waals surface area contributed by atoms with Crippen LogP contribution in [0.5, 0.6) is 0 Å². The Labute approximate surface area is 175 Å². The maximum atomic E-state index is 11.6. The molecule has 2 fully saturated rings. The van der Waals surface area contributed by atoms with Crippen LogP contribution in [-0.2, 0) is 9.84 Å². The first-order valence-electron chi connectivity index (χ1n) is 10.6. The van der Waals surface area contributed by atoms with E-state index in [2.05, 4.69) is 34.8 Å². The Morgan fingerprint density at radius 3 is 1.90 bits per heavy atom. The van der Waals surface area contributed by atoms with E-state index in [-0.39, 0.29) is 0 Å². The fraction of sp³-hybridized carbons (Fsp3) is 0.500. The first-order chi connectivity index (χ1) is 13.9. The third-order valence-electron chi connectivity index (χ3n) is 6.60. The van der Waals surface area contributed by atoms with Crippen molar-refractivity contribution < 1.29 is 8.42 Å². The van der Waals surface area contributed by atoms with Gasteiger partial charge in [-0.3, -0.25) is 0 Å². The molecule has 0 bridgehead atoms. The minimum Gasteiger partial charge on any atom is -0.372 e. The van der Waals surface area contributed by atoms with Crippen LogP contribution < -0.4 is 15.3 Å². The van der Waals surface area contributed by atoms with Gasteiger partial charge in [0.15, 0.2) is 9.84 Å². The van der Waals surface area contributed by atoms with Crippen LogP contribution in [0.1, 0.15) is 25.7 Å². The molecule has 29 heavy (non-hydrogen) atoms. The fourth-order valence-electron chi connectivity index (χ4n) is 4.78. The Balaban J connectivity index is 1.28. The molecule has 0 saturated carbocycles. The molecule has 1 aromatic carbocycles. The Hall–Kier alpha value is -2.02. The molecule has 2 saturated heterocycles. The van der Waals surface area contributed by atoms with E-state index in [1.54, 1.807) is 12.1 Å². The Morgan fingerprint density at radius 2 is 1.41 bits per heavy atom.